The van der Waals surface area contributed by atoms with Crippen molar-refractivity contribution >= 4 is 11.8 Å². The highest BCUT2D eigenvalue weighted by Crippen LogP contribution is 2.29. The van der Waals surface area contributed by atoms with Crippen molar-refractivity contribution in [1.82, 2.24) is 20.0 Å². The Hall–Kier alpha value is -3.48. The zero-order valence-corrected chi connectivity index (χ0v) is 17.1. The van der Waals surface area contributed by atoms with E-state index in [4.69, 9.17) is 0 Å². The molecule has 1 N–H and O–H groups in total. The molecule has 0 saturated heterocycles. The third-order valence-corrected chi connectivity index (χ3v) is 6.04. The molecule has 2 amide bonds. The van der Waals surface area contributed by atoms with Gasteiger partial charge in [-0.1, -0.05) is 36.4 Å². The Balaban J connectivity index is 1.31. The monoisotopic (exact) mass is 418 g/mol. The second kappa shape index (κ2) is 7.98. The summed E-state index contributed by atoms with van der Waals surface area (Å²) in [5.74, 6) is -0.798. The minimum Gasteiger partial charge on any atom is -0.344 e. The summed E-state index contributed by atoms with van der Waals surface area (Å²) in [6.45, 7) is 1.28. The van der Waals surface area contributed by atoms with Gasteiger partial charge in [0.2, 0.25) is 0 Å². The number of nitrogens with one attached hydrogen (secondary N) is 1. The predicted octanol–water partition coefficient (Wildman–Crippen LogP) is 3.49. The van der Waals surface area contributed by atoms with E-state index in [0.717, 1.165) is 30.4 Å². The lowest BCUT2D eigenvalue weighted by molar-refractivity contribution is 0.0682. The molecule has 0 fully saturated rings. The van der Waals surface area contributed by atoms with Crippen LogP contribution in [0.15, 0.2) is 54.6 Å². The summed E-state index contributed by atoms with van der Waals surface area (Å²) in [5.41, 5.74) is 3.79. The second-order valence-corrected chi connectivity index (χ2v) is 8.11. The number of hydrogen-bond donors (Lipinski definition) is 1. The molecule has 2 heterocycles. The molecule has 0 unspecified atom stereocenters. The van der Waals surface area contributed by atoms with Gasteiger partial charge in [-0.05, 0) is 48.1 Å². The van der Waals surface area contributed by atoms with Gasteiger partial charge in [0.05, 0.1) is 12.6 Å². The summed E-state index contributed by atoms with van der Waals surface area (Å²) >= 11 is 0. The number of halogens is 1. The number of aromatic nitrogens is 2. The van der Waals surface area contributed by atoms with Crippen molar-refractivity contribution in [3.8, 4) is 0 Å². The molecular formula is C24H23FN4O2. The molecule has 1 atom stereocenters. The van der Waals surface area contributed by atoms with E-state index in [1.54, 1.807) is 27.8 Å². The number of amides is 2. The molecule has 1 aliphatic carbocycles. The Labute approximate surface area is 179 Å². The highest BCUT2D eigenvalue weighted by molar-refractivity contribution is 5.98. The molecule has 0 bridgehead atoms. The topological polar surface area (TPSA) is 67.2 Å². The van der Waals surface area contributed by atoms with Crippen LogP contribution >= 0.6 is 0 Å². The summed E-state index contributed by atoms with van der Waals surface area (Å²) in [6, 6.07) is 15.9. The molecule has 2 aromatic carbocycles. The van der Waals surface area contributed by atoms with Crippen LogP contribution in [0.2, 0.25) is 0 Å². The van der Waals surface area contributed by atoms with Gasteiger partial charge in [-0.2, -0.15) is 5.10 Å². The highest BCUT2D eigenvalue weighted by atomic mass is 19.1. The van der Waals surface area contributed by atoms with Crippen LogP contribution in [-0.2, 0) is 19.5 Å². The van der Waals surface area contributed by atoms with Crippen LogP contribution in [0.4, 0.5) is 4.39 Å². The minimum atomic E-state index is -0.324. The number of carbonyl (C=O) groups excluding carboxylic acids is 2. The number of aryl methyl sites for hydroxylation is 1. The van der Waals surface area contributed by atoms with Gasteiger partial charge in [-0.15, -0.1) is 0 Å². The third-order valence-electron chi connectivity index (χ3n) is 6.04. The molecule has 0 saturated carbocycles. The Morgan fingerprint density at radius 1 is 1.13 bits per heavy atom. The number of benzene rings is 2. The van der Waals surface area contributed by atoms with Crippen molar-refractivity contribution in [2.24, 2.45) is 0 Å². The van der Waals surface area contributed by atoms with Crippen molar-refractivity contribution in [3.63, 3.8) is 0 Å². The largest absolute Gasteiger partial charge is 0.344 e. The fourth-order valence-electron chi connectivity index (χ4n) is 4.49. The SMILES string of the molecule is O=C(N[C@H]1CCCc2ccccc21)c1cc2n(n1)CCN(Cc1cccc(F)c1)C2=O. The molecule has 0 spiro atoms. The van der Waals surface area contributed by atoms with Gasteiger partial charge in [0.15, 0.2) is 5.69 Å². The number of carbonyl (C=O) groups is 2. The lowest BCUT2D eigenvalue weighted by atomic mass is 9.87. The molecule has 6 nitrogen and oxygen atoms in total. The lowest BCUT2D eigenvalue weighted by Crippen LogP contribution is -2.39. The first-order valence-corrected chi connectivity index (χ1v) is 10.6. The average molecular weight is 418 g/mol. The van der Waals surface area contributed by atoms with Crippen molar-refractivity contribution in [1.29, 1.82) is 0 Å². The van der Waals surface area contributed by atoms with E-state index in [0.29, 0.717) is 25.3 Å². The van der Waals surface area contributed by atoms with Crippen LogP contribution < -0.4 is 5.32 Å². The van der Waals surface area contributed by atoms with E-state index in [-0.39, 0.29) is 29.4 Å². The minimum absolute atomic E-state index is 0.0450. The first-order chi connectivity index (χ1) is 15.1. The van der Waals surface area contributed by atoms with Gasteiger partial charge in [0.25, 0.3) is 11.8 Å². The summed E-state index contributed by atoms with van der Waals surface area (Å²) in [7, 11) is 0. The first kappa shape index (κ1) is 19.5. The molecule has 158 valence electrons. The average Bonchev–Trinajstić information content (AvgIpc) is 3.22. The molecular weight excluding hydrogens is 395 g/mol. The Bertz CT molecular complexity index is 1160. The predicted molar refractivity (Wildman–Crippen MR) is 113 cm³/mol. The van der Waals surface area contributed by atoms with Crippen molar-refractivity contribution in [3.05, 3.63) is 88.5 Å². The van der Waals surface area contributed by atoms with Crippen molar-refractivity contribution in [2.75, 3.05) is 6.54 Å². The van der Waals surface area contributed by atoms with Crippen LogP contribution in [0.1, 0.15) is 56.6 Å². The van der Waals surface area contributed by atoms with E-state index >= 15 is 0 Å². The maximum Gasteiger partial charge on any atom is 0.272 e. The molecule has 0 radical (unpaired) electrons. The number of hydrogen-bond acceptors (Lipinski definition) is 3. The van der Waals surface area contributed by atoms with Gasteiger partial charge in [0, 0.05) is 19.2 Å². The number of fused-ring (bicyclic) bond motifs is 2. The van der Waals surface area contributed by atoms with Crippen LogP contribution in [0, 0.1) is 5.82 Å². The first-order valence-electron chi connectivity index (χ1n) is 10.6. The smallest absolute Gasteiger partial charge is 0.272 e. The summed E-state index contributed by atoms with van der Waals surface area (Å²) in [5, 5.41) is 7.47. The van der Waals surface area contributed by atoms with E-state index in [9.17, 15) is 14.0 Å². The van der Waals surface area contributed by atoms with Crippen molar-refractivity contribution < 1.29 is 14.0 Å². The molecule has 31 heavy (non-hydrogen) atoms. The van der Waals surface area contributed by atoms with Gasteiger partial charge < -0.3 is 10.2 Å². The van der Waals surface area contributed by atoms with Gasteiger partial charge >= 0.3 is 0 Å². The zero-order chi connectivity index (χ0) is 21.4. The standard InChI is InChI=1S/C24H23FN4O2/c25-18-8-3-5-16(13-18)15-28-11-12-29-22(24(28)31)14-21(27-29)23(30)26-20-10-4-7-17-6-1-2-9-19(17)20/h1-3,5-6,8-9,13-14,20H,4,7,10-12,15H2,(H,26,30)/t20-/m0/s1. The fraction of sp³-hybridized carbons (Fsp3) is 0.292. The number of nitrogens with zero attached hydrogens (tertiary/aromatic N) is 3. The zero-order valence-electron chi connectivity index (χ0n) is 17.1. The van der Waals surface area contributed by atoms with Gasteiger partial charge in [0.1, 0.15) is 11.5 Å². The summed E-state index contributed by atoms with van der Waals surface area (Å²) < 4.78 is 15.1. The second-order valence-electron chi connectivity index (χ2n) is 8.11. The summed E-state index contributed by atoms with van der Waals surface area (Å²) in [4.78, 5) is 27.5. The van der Waals surface area contributed by atoms with E-state index in [2.05, 4.69) is 22.5 Å². The quantitative estimate of drug-likeness (QED) is 0.705. The van der Waals surface area contributed by atoms with Gasteiger partial charge in [-0.25, -0.2) is 4.39 Å². The van der Waals surface area contributed by atoms with E-state index in [1.807, 2.05) is 12.1 Å². The third kappa shape index (κ3) is 3.83. The Morgan fingerprint density at radius 2 is 2.00 bits per heavy atom. The van der Waals surface area contributed by atoms with E-state index < -0.39 is 0 Å². The molecule has 5 rings (SSSR count). The normalized spacial score (nSPS) is 17.8. The number of rotatable bonds is 4. The highest BCUT2D eigenvalue weighted by Gasteiger charge is 2.29. The molecule has 7 heteroatoms. The van der Waals surface area contributed by atoms with Crippen LogP contribution in [0.3, 0.4) is 0 Å². The molecule has 3 aromatic rings. The Morgan fingerprint density at radius 3 is 2.87 bits per heavy atom. The molecule has 2 aliphatic rings. The maximum absolute atomic E-state index is 13.5. The van der Waals surface area contributed by atoms with Crippen molar-refractivity contribution in [2.45, 2.75) is 38.4 Å². The van der Waals surface area contributed by atoms with E-state index in [1.165, 1.54) is 17.7 Å². The fourth-order valence-corrected chi connectivity index (χ4v) is 4.49. The van der Waals surface area contributed by atoms with Crippen LogP contribution in [0.25, 0.3) is 0 Å². The van der Waals surface area contributed by atoms with Gasteiger partial charge in [-0.3, -0.25) is 14.3 Å². The molecule has 1 aromatic heterocycles. The lowest BCUT2D eigenvalue weighted by Gasteiger charge is -2.27. The Kier molecular flexibility index (Phi) is 5.02. The van der Waals surface area contributed by atoms with Crippen LogP contribution in [-0.4, -0.2) is 33.0 Å². The maximum atomic E-state index is 13.5. The molecule has 1 aliphatic heterocycles. The van der Waals surface area contributed by atoms with Crippen LogP contribution in [0.5, 0.6) is 0 Å². The summed E-state index contributed by atoms with van der Waals surface area (Å²) in [6.07, 6.45) is 2.93.